The number of anilines is 2. The van der Waals surface area contributed by atoms with Gasteiger partial charge in [0, 0.05) is 16.6 Å². The van der Waals surface area contributed by atoms with Gasteiger partial charge in [-0.1, -0.05) is 6.92 Å². The lowest BCUT2D eigenvalue weighted by molar-refractivity contribution is 0.102. The van der Waals surface area contributed by atoms with Gasteiger partial charge in [-0.15, -0.1) is 0 Å². The van der Waals surface area contributed by atoms with E-state index in [0.29, 0.717) is 29.1 Å². The molecule has 5 heteroatoms. The Bertz CT molecular complexity index is 620. The second-order valence-corrected chi connectivity index (χ2v) is 5.11. The highest BCUT2D eigenvalue weighted by molar-refractivity contribution is 9.10. The molecule has 0 spiro atoms. The van der Waals surface area contributed by atoms with Gasteiger partial charge in [0.1, 0.15) is 5.76 Å². The van der Waals surface area contributed by atoms with Crippen molar-refractivity contribution in [3.63, 3.8) is 0 Å². The van der Waals surface area contributed by atoms with Crippen LogP contribution in [0, 0.1) is 6.92 Å². The SMILES string of the molecule is CCc1occc1C(=O)Nc1cc(N)c(C)cc1Br. The summed E-state index contributed by atoms with van der Waals surface area (Å²) in [6.07, 6.45) is 2.19. The first-order valence-electron chi connectivity index (χ1n) is 5.96. The van der Waals surface area contributed by atoms with Crippen LogP contribution in [0.25, 0.3) is 0 Å². The lowest BCUT2D eigenvalue weighted by Crippen LogP contribution is -2.13. The van der Waals surface area contributed by atoms with Gasteiger partial charge in [0.25, 0.3) is 5.91 Å². The normalized spacial score (nSPS) is 10.5. The van der Waals surface area contributed by atoms with Crippen molar-refractivity contribution < 1.29 is 9.21 Å². The predicted octanol–water partition coefficient (Wildman–Crippen LogP) is 3.75. The third-order valence-corrected chi connectivity index (χ3v) is 3.57. The number of furan rings is 1. The summed E-state index contributed by atoms with van der Waals surface area (Å²) >= 11 is 3.41. The lowest BCUT2D eigenvalue weighted by atomic mass is 10.1. The van der Waals surface area contributed by atoms with Crippen molar-refractivity contribution in [2.24, 2.45) is 0 Å². The van der Waals surface area contributed by atoms with E-state index in [9.17, 15) is 4.79 Å². The number of nitrogens with two attached hydrogens (primary N) is 1. The van der Waals surface area contributed by atoms with Crippen LogP contribution in [0.4, 0.5) is 11.4 Å². The van der Waals surface area contributed by atoms with E-state index in [4.69, 9.17) is 10.2 Å². The minimum absolute atomic E-state index is 0.199. The zero-order chi connectivity index (χ0) is 14.0. The van der Waals surface area contributed by atoms with Crippen LogP contribution in [0.5, 0.6) is 0 Å². The van der Waals surface area contributed by atoms with E-state index in [-0.39, 0.29) is 5.91 Å². The lowest BCUT2D eigenvalue weighted by Gasteiger charge is -2.10. The van der Waals surface area contributed by atoms with Crippen molar-refractivity contribution in [2.45, 2.75) is 20.3 Å². The summed E-state index contributed by atoms with van der Waals surface area (Å²) in [6.45, 7) is 3.85. The van der Waals surface area contributed by atoms with Gasteiger partial charge in [-0.05, 0) is 46.6 Å². The van der Waals surface area contributed by atoms with Crippen molar-refractivity contribution in [2.75, 3.05) is 11.1 Å². The number of halogens is 1. The zero-order valence-corrected chi connectivity index (χ0v) is 12.4. The van der Waals surface area contributed by atoms with Gasteiger partial charge >= 0.3 is 0 Å². The Morgan fingerprint density at radius 2 is 2.21 bits per heavy atom. The number of hydrogen-bond acceptors (Lipinski definition) is 3. The van der Waals surface area contributed by atoms with E-state index in [1.54, 1.807) is 12.1 Å². The molecular weight excluding hydrogens is 308 g/mol. The number of nitrogen functional groups attached to an aromatic ring is 1. The monoisotopic (exact) mass is 322 g/mol. The highest BCUT2D eigenvalue weighted by Crippen LogP contribution is 2.28. The molecule has 0 aliphatic rings. The summed E-state index contributed by atoms with van der Waals surface area (Å²) in [5.74, 6) is 0.475. The quantitative estimate of drug-likeness (QED) is 0.845. The van der Waals surface area contributed by atoms with Crippen molar-refractivity contribution >= 4 is 33.2 Å². The fourth-order valence-electron chi connectivity index (χ4n) is 1.79. The van der Waals surface area contributed by atoms with Crippen LogP contribution in [0.1, 0.15) is 28.6 Å². The minimum atomic E-state index is -0.199. The van der Waals surface area contributed by atoms with Gasteiger partial charge < -0.3 is 15.5 Å². The fourth-order valence-corrected chi connectivity index (χ4v) is 2.35. The number of carbonyl (C=O) groups is 1. The predicted molar refractivity (Wildman–Crippen MR) is 79.3 cm³/mol. The Labute approximate surface area is 120 Å². The van der Waals surface area contributed by atoms with Gasteiger partial charge in [0.05, 0.1) is 17.5 Å². The van der Waals surface area contributed by atoms with Gasteiger partial charge in [-0.3, -0.25) is 4.79 Å². The highest BCUT2D eigenvalue weighted by Gasteiger charge is 2.15. The molecule has 0 atom stereocenters. The first kappa shape index (κ1) is 13.7. The van der Waals surface area contributed by atoms with Crippen LogP contribution in [0.3, 0.4) is 0 Å². The maximum Gasteiger partial charge on any atom is 0.259 e. The second-order valence-electron chi connectivity index (χ2n) is 4.25. The molecule has 0 unspecified atom stereocenters. The summed E-state index contributed by atoms with van der Waals surface area (Å²) in [7, 11) is 0. The molecule has 100 valence electrons. The molecule has 3 N–H and O–H groups in total. The molecule has 0 aliphatic heterocycles. The molecule has 2 aromatic rings. The van der Waals surface area contributed by atoms with Crippen LogP contribution < -0.4 is 11.1 Å². The number of benzene rings is 1. The summed E-state index contributed by atoms with van der Waals surface area (Å²) < 4.78 is 6.05. The molecule has 0 radical (unpaired) electrons. The van der Waals surface area contributed by atoms with E-state index in [2.05, 4.69) is 21.2 Å². The summed E-state index contributed by atoms with van der Waals surface area (Å²) in [5, 5.41) is 2.83. The maximum atomic E-state index is 12.2. The third-order valence-electron chi connectivity index (χ3n) is 2.92. The standard InChI is InChI=1S/C14H15BrN2O2/c1-3-13-9(4-5-19-13)14(18)17-12-7-11(16)8(2)6-10(12)15/h4-7H,3,16H2,1-2H3,(H,17,18). The van der Waals surface area contributed by atoms with E-state index >= 15 is 0 Å². The molecular formula is C14H15BrN2O2. The zero-order valence-electron chi connectivity index (χ0n) is 10.8. The summed E-state index contributed by atoms with van der Waals surface area (Å²) in [4.78, 5) is 12.2. The minimum Gasteiger partial charge on any atom is -0.469 e. The number of rotatable bonds is 3. The molecule has 19 heavy (non-hydrogen) atoms. The first-order valence-corrected chi connectivity index (χ1v) is 6.75. The van der Waals surface area contributed by atoms with Gasteiger partial charge in [-0.2, -0.15) is 0 Å². The molecule has 1 aromatic carbocycles. The van der Waals surface area contributed by atoms with E-state index in [0.717, 1.165) is 10.0 Å². The average molecular weight is 323 g/mol. The average Bonchev–Trinajstić information content (AvgIpc) is 2.84. The van der Waals surface area contributed by atoms with Crippen molar-refractivity contribution in [1.82, 2.24) is 0 Å². The van der Waals surface area contributed by atoms with Gasteiger partial charge in [0.2, 0.25) is 0 Å². The third kappa shape index (κ3) is 2.81. The second kappa shape index (κ2) is 5.48. The van der Waals surface area contributed by atoms with Crippen LogP contribution in [-0.2, 0) is 6.42 Å². The molecule has 1 amide bonds. The molecule has 0 aliphatic carbocycles. The van der Waals surface area contributed by atoms with Crippen molar-refractivity contribution in [3.05, 3.63) is 45.8 Å². The van der Waals surface area contributed by atoms with E-state index in [1.807, 2.05) is 19.9 Å². The first-order chi connectivity index (χ1) is 9.02. The van der Waals surface area contributed by atoms with Gasteiger partial charge in [-0.25, -0.2) is 0 Å². The van der Waals surface area contributed by atoms with Crippen LogP contribution in [-0.4, -0.2) is 5.91 Å². The number of aryl methyl sites for hydroxylation is 2. The molecule has 0 fully saturated rings. The van der Waals surface area contributed by atoms with Crippen molar-refractivity contribution in [1.29, 1.82) is 0 Å². The maximum absolute atomic E-state index is 12.2. The summed E-state index contributed by atoms with van der Waals surface area (Å²) in [5.41, 5.74) is 8.65. The molecule has 1 aromatic heterocycles. The number of carbonyl (C=O) groups excluding carboxylic acids is 1. The Balaban J connectivity index is 2.27. The number of nitrogens with one attached hydrogen (secondary N) is 1. The Morgan fingerprint density at radius 3 is 2.89 bits per heavy atom. The molecule has 0 bridgehead atoms. The molecule has 0 saturated carbocycles. The van der Waals surface area contributed by atoms with Crippen LogP contribution in [0.2, 0.25) is 0 Å². The van der Waals surface area contributed by atoms with Crippen LogP contribution in [0.15, 0.2) is 33.4 Å². The topological polar surface area (TPSA) is 68.3 Å². The number of hydrogen-bond donors (Lipinski definition) is 2. The van der Waals surface area contributed by atoms with E-state index in [1.165, 1.54) is 6.26 Å². The van der Waals surface area contributed by atoms with E-state index < -0.39 is 0 Å². The fraction of sp³-hybridized carbons (Fsp3) is 0.214. The molecule has 0 saturated heterocycles. The molecule has 2 rings (SSSR count). The Hall–Kier alpha value is -1.75. The molecule has 1 heterocycles. The molecule has 4 nitrogen and oxygen atoms in total. The number of amides is 1. The Morgan fingerprint density at radius 1 is 1.47 bits per heavy atom. The largest absolute Gasteiger partial charge is 0.469 e. The van der Waals surface area contributed by atoms with Crippen LogP contribution >= 0.6 is 15.9 Å². The Kier molecular flexibility index (Phi) is 3.95. The van der Waals surface area contributed by atoms with Gasteiger partial charge in [0.15, 0.2) is 0 Å². The highest BCUT2D eigenvalue weighted by atomic mass is 79.9. The summed E-state index contributed by atoms with van der Waals surface area (Å²) in [6, 6.07) is 5.28. The smallest absolute Gasteiger partial charge is 0.259 e. The van der Waals surface area contributed by atoms with Crippen molar-refractivity contribution in [3.8, 4) is 0 Å².